The summed E-state index contributed by atoms with van der Waals surface area (Å²) in [6, 6.07) is 34.4. The molecule has 3 heterocycles. The molecule has 5 aromatic rings. The number of hydrogen-bond donors (Lipinski definition) is 0. The van der Waals surface area contributed by atoms with E-state index in [4.69, 9.17) is 4.98 Å². The molecule has 32 heavy (non-hydrogen) atoms. The number of para-hydroxylation sites is 1. The van der Waals surface area contributed by atoms with Crippen molar-refractivity contribution in [2.24, 2.45) is 0 Å². The molecule has 6 rings (SSSR count). The molecule has 0 spiro atoms. The van der Waals surface area contributed by atoms with Crippen LogP contribution in [-0.4, -0.2) is 14.5 Å². The van der Waals surface area contributed by atoms with Gasteiger partial charge in [0.05, 0.1) is 16.9 Å². The molecule has 0 saturated heterocycles. The topological polar surface area (TPSA) is 30.7 Å². The molecule has 0 N–H and O–H groups in total. The SMILES string of the molecule is CC1=CCn2c(-c3[c-]cccc3)nc3cccc1c32.[Ir].[c-]1ccccc1-c1ccccn1. The van der Waals surface area contributed by atoms with Gasteiger partial charge in [-0.3, -0.25) is 4.98 Å². The number of nitrogens with zero attached hydrogens (tertiary/aromatic N) is 3. The van der Waals surface area contributed by atoms with Gasteiger partial charge in [0.1, 0.15) is 0 Å². The summed E-state index contributed by atoms with van der Waals surface area (Å²) in [4.78, 5) is 9.01. The molecule has 0 unspecified atom stereocenters. The van der Waals surface area contributed by atoms with Crippen molar-refractivity contribution < 1.29 is 20.1 Å². The summed E-state index contributed by atoms with van der Waals surface area (Å²) in [5, 5.41) is 0. The number of hydrogen-bond acceptors (Lipinski definition) is 2. The number of imidazole rings is 1. The monoisotopic (exact) mass is 592 g/mol. The number of rotatable bonds is 2. The molecule has 1 radical (unpaired) electrons. The normalized spacial score (nSPS) is 11.7. The van der Waals surface area contributed by atoms with Crippen LogP contribution < -0.4 is 0 Å². The molecule has 0 aliphatic carbocycles. The Morgan fingerprint density at radius 2 is 1.56 bits per heavy atom. The van der Waals surface area contributed by atoms with Crippen LogP contribution in [0.1, 0.15) is 12.5 Å². The minimum atomic E-state index is 0. The Morgan fingerprint density at radius 1 is 0.812 bits per heavy atom. The minimum Gasteiger partial charge on any atom is -0.360 e. The molecular weight excluding hydrogens is 571 g/mol. The van der Waals surface area contributed by atoms with Gasteiger partial charge in [-0.15, -0.1) is 71.8 Å². The second-order valence-electron chi connectivity index (χ2n) is 7.37. The maximum absolute atomic E-state index is 4.79. The Bertz CT molecular complexity index is 1300. The fourth-order valence-corrected chi connectivity index (χ4v) is 3.83. The molecular formula is C28H21IrN3-2. The molecule has 3 aromatic carbocycles. The van der Waals surface area contributed by atoms with Gasteiger partial charge in [-0.2, -0.15) is 0 Å². The van der Waals surface area contributed by atoms with E-state index in [9.17, 15) is 0 Å². The van der Waals surface area contributed by atoms with E-state index >= 15 is 0 Å². The van der Waals surface area contributed by atoms with Crippen LogP contribution in [0.25, 0.3) is 39.3 Å². The van der Waals surface area contributed by atoms with Crippen LogP contribution in [-0.2, 0) is 26.7 Å². The third-order valence-corrected chi connectivity index (χ3v) is 5.37. The van der Waals surface area contributed by atoms with E-state index in [-0.39, 0.29) is 20.1 Å². The summed E-state index contributed by atoms with van der Waals surface area (Å²) in [5.74, 6) is 1.01. The van der Waals surface area contributed by atoms with Gasteiger partial charge in [-0.25, -0.2) is 0 Å². The van der Waals surface area contributed by atoms with Gasteiger partial charge in [-0.05, 0) is 30.3 Å². The van der Waals surface area contributed by atoms with Crippen molar-refractivity contribution in [2.45, 2.75) is 13.5 Å². The van der Waals surface area contributed by atoms with Gasteiger partial charge in [0.15, 0.2) is 0 Å². The number of pyridine rings is 1. The molecule has 1 aliphatic heterocycles. The summed E-state index contributed by atoms with van der Waals surface area (Å²) < 4.78 is 2.28. The van der Waals surface area contributed by atoms with Crippen LogP contribution in [0.5, 0.6) is 0 Å². The standard InChI is InChI=1S/C17H13N2.C11H8N.Ir/c1-12-10-11-19-16-14(12)8-5-9-15(16)18-17(19)13-6-3-2-4-7-13;1-2-6-10(7-3-1)11-8-4-5-9-12-11;/h2-6,8-10H,11H2,1H3;1-6,8-9H;/q2*-1;. The van der Waals surface area contributed by atoms with E-state index in [0.717, 1.165) is 34.7 Å². The van der Waals surface area contributed by atoms with E-state index in [1.165, 1.54) is 16.7 Å². The molecule has 3 nitrogen and oxygen atoms in total. The molecule has 0 atom stereocenters. The van der Waals surface area contributed by atoms with Crippen molar-refractivity contribution in [3.63, 3.8) is 0 Å². The summed E-state index contributed by atoms with van der Waals surface area (Å²) in [6.45, 7) is 3.05. The molecule has 1 aliphatic rings. The van der Waals surface area contributed by atoms with Crippen LogP contribution in [0, 0.1) is 12.1 Å². The Morgan fingerprint density at radius 3 is 2.25 bits per heavy atom. The first-order valence-corrected chi connectivity index (χ1v) is 10.3. The van der Waals surface area contributed by atoms with Crippen molar-refractivity contribution in [1.29, 1.82) is 0 Å². The first kappa shape index (κ1) is 21.9. The van der Waals surface area contributed by atoms with Crippen LogP contribution in [0.3, 0.4) is 0 Å². The first-order valence-electron chi connectivity index (χ1n) is 10.3. The van der Waals surface area contributed by atoms with Crippen LogP contribution in [0.2, 0.25) is 0 Å². The fourth-order valence-electron chi connectivity index (χ4n) is 3.83. The van der Waals surface area contributed by atoms with E-state index < -0.39 is 0 Å². The number of allylic oxidation sites excluding steroid dienone is 2. The summed E-state index contributed by atoms with van der Waals surface area (Å²) in [6.07, 6.45) is 4.05. The molecule has 0 bridgehead atoms. The smallest absolute Gasteiger partial charge is 0.0777 e. The zero-order valence-corrected chi connectivity index (χ0v) is 20.0. The van der Waals surface area contributed by atoms with Gasteiger partial charge in [0.2, 0.25) is 0 Å². The molecule has 0 saturated carbocycles. The summed E-state index contributed by atoms with van der Waals surface area (Å²) >= 11 is 0. The van der Waals surface area contributed by atoms with Crippen molar-refractivity contribution in [3.05, 3.63) is 115 Å². The average molecular weight is 592 g/mol. The van der Waals surface area contributed by atoms with Crippen molar-refractivity contribution in [3.8, 4) is 22.6 Å². The van der Waals surface area contributed by atoms with Gasteiger partial charge in [0.25, 0.3) is 0 Å². The number of aromatic nitrogens is 3. The van der Waals surface area contributed by atoms with Crippen molar-refractivity contribution in [2.75, 3.05) is 0 Å². The Labute approximate surface area is 201 Å². The zero-order chi connectivity index (χ0) is 21.0. The van der Waals surface area contributed by atoms with Crippen LogP contribution in [0.4, 0.5) is 0 Å². The Hall–Kier alpha value is -3.33. The largest absolute Gasteiger partial charge is 0.360 e. The van der Waals surface area contributed by atoms with Crippen LogP contribution in [0.15, 0.2) is 97.2 Å². The zero-order valence-electron chi connectivity index (χ0n) is 17.6. The fraction of sp³-hybridized carbons (Fsp3) is 0.0714. The maximum atomic E-state index is 4.79. The number of benzene rings is 3. The minimum absolute atomic E-state index is 0. The van der Waals surface area contributed by atoms with Crippen molar-refractivity contribution in [1.82, 2.24) is 14.5 Å². The van der Waals surface area contributed by atoms with E-state index in [1.807, 2.05) is 60.7 Å². The summed E-state index contributed by atoms with van der Waals surface area (Å²) in [5.41, 5.74) is 8.00. The van der Waals surface area contributed by atoms with Gasteiger partial charge >= 0.3 is 0 Å². The van der Waals surface area contributed by atoms with E-state index in [2.05, 4.69) is 58.9 Å². The quantitative estimate of drug-likeness (QED) is 0.221. The van der Waals surface area contributed by atoms with Gasteiger partial charge < -0.3 is 9.55 Å². The van der Waals surface area contributed by atoms with Crippen molar-refractivity contribution >= 4 is 16.6 Å². The van der Waals surface area contributed by atoms with Gasteiger partial charge in [-0.1, -0.05) is 30.3 Å². The van der Waals surface area contributed by atoms with Gasteiger partial charge in [0, 0.05) is 38.4 Å². The molecule has 4 heteroatoms. The Balaban J connectivity index is 0.000000164. The average Bonchev–Trinajstić information content (AvgIpc) is 3.23. The summed E-state index contributed by atoms with van der Waals surface area (Å²) in [7, 11) is 0. The van der Waals surface area contributed by atoms with Crippen LogP contribution >= 0.6 is 0 Å². The maximum Gasteiger partial charge on any atom is 0.0777 e. The third-order valence-electron chi connectivity index (χ3n) is 5.37. The van der Waals surface area contributed by atoms with E-state index in [1.54, 1.807) is 6.20 Å². The molecule has 0 amide bonds. The first-order chi connectivity index (χ1) is 15.3. The molecule has 0 fully saturated rings. The Kier molecular flexibility index (Phi) is 6.75. The molecule has 2 aromatic heterocycles. The second-order valence-corrected chi connectivity index (χ2v) is 7.37. The molecule has 159 valence electrons. The predicted molar refractivity (Wildman–Crippen MR) is 126 cm³/mol. The predicted octanol–water partition coefficient (Wildman–Crippen LogP) is 6.47. The second kappa shape index (κ2) is 9.86. The third kappa shape index (κ3) is 4.33. The van der Waals surface area contributed by atoms with E-state index in [0.29, 0.717) is 0 Å².